The Morgan fingerprint density at radius 3 is 2.41 bits per heavy atom. The number of ketones is 1. The van der Waals surface area contributed by atoms with Crippen LogP contribution in [0.3, 0.4) is 0 Å². The summed E-state index contributed by atoms with van der Waals surface area (Å²) in [4.78, 5) is 30.1. The van der Waals surface area contributed by atoms with E-state index in [1.54, 1.807) is 12.3 Å². The van der Waals surface area contributed by atoms with Gasteiger partial charge in [0.15, 0.2) is 5.78 Å². The van der Waals surface area contributed by atoms with Crippen molar-refractivity contribution in [3.8, 4) is 0 Å². The second kappa shape index (κ2) is 4.71. The number of nitrogens with one attached hydrogen (secondary N) is 1. The molecule has 17 heavy (non-hydrogen) atoms. The van der Waals surface area contributed by atoms with Gasteiger partial charge >= 0.3 is 0 Å². The van der Waals surface area contributed by atoms with E-state index in [1.165, 1.54) is 6.92 Å². The van der Waals surface area contributed by atoms with Crippen LogP contribution in [0.2, 0.25) is 0 Å². The van der Waals surface area contributed by atoms with Gasteiger partial charge in [-0.3, -0.25) is 9.59 Å². The molecule has 1 aromatic rings. The molecule has 1 aliphatic heterocycles. The minimum absolute atomic E-state index is 0.0226. The smallest absolute Gasteiger partial charge is 0.270 e. The molecular formula is C12H17N3O2. The quantitative estimate of drug-likeness (QED) is 0.764. The highest BCUT2D eigenvalue weighted by atomic mass is 16.2. The lowest BCUT2D eigenvalue weighted by atomic mass is 10.2. The summed E-state index contributed by atoms with van der Waals surface area (Å²) in [6, 6.07) is 1.63. The average molecular weight is 235 g/mol. The maximum atomic E-state index is 12.1. The van der Waals surface area contributed by atoms with Crippen LogP contribution in [0.15, 0.2) is 12.3 Å². The highest BCUT2D eigenvalue weighted by Crippen LogP contribution is 2.09. The molecule has 2 rings (SSSR count). The molecular weight excluding hydrogens is 218 g/mol. The zero-order valence-electron chi connectivity index (χ0n) is 10.2. The molecule has 0 bridgehead atoms. The van der Waals surface area contributed by atoms with Gasteiger partial charge in [0.25, 0.3) is 5.91 Å². The highest BCUT2D eigenvalue weighted by molar-refractivity contribution is 5.99. The Morgan fingerprint density at radius 2 is 1.88 bits per heavy atom. The van der Waals surface area contributed by atoms with Crippen LogP contribution in [0.4, 0.5) is 0 Å². The van der Waals surface area contributed by atoms with Gasteiger partial charge in [-0.05, 0) is 20.0 Å². The summed E-state index contributed by atoms with van der Waals surface area (Å²) < 4.78 is 0. The molecule has 1 aromatic heterocycles. The molecule has 0 atom stereocenters. The maximum Gasteiger partial charge on any atom is 0.270 e. The number of amides is 1. The summed E-state index contributed by atoms with van der Waals surface area (Å²) in [5.74, 6) is -0.0516. The number of Topliss-reactive ketones (excluding diaryl/α,β-unsaturated/α-hetero) is 1. The second-order valence-corrected chi connectivity index (χ2v) is 4.45. The van der Waals surface area contributed by atoms with Crippen molar-refractivity contribution >= 4 is 11.7 Å². The minimum atomic E-state index is -0.0290. The van der Waals surface area contributed by atoms with E-state index in [9.17, 15) is 9.59 Å². The van der Waals surface area contributed by atoms with Crippen LogP contribution in [0.5, 0.6) is 0 Å². The van der Waals surface area contributed by atoms with E-state index in [2.05, 4.69) is 9.88 Å². The first-order chi connectivity index (χ1) is 8.08. The molecule has 0 aliphatic carbocycles. The summed E-state index contributed by atoms with van der Waals surface area (Å²) in [5.41, 5.74) is 1.06. The molecule has 0 spiro atoms. The van der Waals surface area contributed by atoms with Gasteiger partial charge in [0.2, 0.25) is 0 Å². The van der Waals surface area contributed by atoms with Crippen molar-refractivity contribution in [3.63, 3.8) is 0 Å². The van der Waals surface area contributed by atoms with Crippen LogP contribution in [0, 0.1) is 0 Å². The molecule has 0 radical (unpaired) electrons. The Balaban J connectivity index is 2.06. The molecule has 1 fully saturated rings. The van der Waals surface area contributed by atoms with Crippen molar-refractivity contribution in [3.05, 3.63) is 23.5 Å². The van der Waals surface area contributed by atoms with E-state index in [0.29, 0.717) is 11.3 Å². The van der Waals surface area contributed by atoms with Gasteiger partial charge in [-0.15, -0.1) is 0 Å². The van der Waals surface area contributed by atoms with Gasteiger partial charge in [0.05, 0.1) is 0 Å². The van der Waals surface area contributed by atoms with Gasteiger partial charge < -0.3 is 14.8 Å². The number of carbonyl (C=O) groups is 2. The number of piperazine rings is 1. The number of carbonyl (C=O) groups excluding carboxylic acids is 2. The summed E-state index contributed by atoms with van der Waals surface area (Å²) in [6.07, 6.45) is 1.59. The monoisotopic (exact) mass is 235 g/mol. The summed E-state index contributed by atoms with van der Waals surface area (Å²) >= 11 is 0. The Labute approximate surface area is 100 Å². The molecule has 1 aliphatic rings. The van der Waals surface area contributed by atoms with E-state index in [0.717, 1.165) is 26.2 Å². The topological polar surface area (TPSA) is 56.4 Å². The SMILES string of the molecule is CC(=O)c1c[nH]c(C(=O)N2CCN(C)CC2)c1. The van der Waals surface area contributed by atoms with Crippen molar-refractivity contribution in [2.24, 2.45) is 0 Å². The van der Waals surface area contributed by atoms with Crippen LogP contribution < -0.4 is 0 Å². The van der Waals surface area contributed by atoms with Crippen LogP contribution in [0.25, 0.3) is 0 Å². The summed E-state index contributed by atoms with van der Waals surface area (Å²) in [7, 11) is 2.05. The van der Waals surface area contributed by atoms with Crippen molar-refractivity contribution in [2.45, 2.75) is 6.92 Å². The Hall–Kier alpha value is -1.62. The molecule has 1 saturated heterocycles. The zero-order chi connectivity index (χ0) is 12.4. The van der Waals surface area contributed by atoms with Gasteiger partial charge in [-0.2, -0.15) is 0 Å². The van der Waals surface area contributed by atoms with E-state index in [1.807, 2.05) is 11.9 Å². The third-order valence-electron chi connectivity index (χ3n) is 3.11. The molecule has 0 saturated carbocycles. The average Bonchev–Trinajstić information content (AvgIpc) is 2.78. The predicted molar refractivity (Wildman–Crippen MR) is 64.2 cm³/mol. The Bertz CT molecular complexity index is 431. The number of aromatic amines is 1. The maximum absolute atomic E-state index is 12.1. The number of nitrogens with zero attached hydrogens (tertiary/aromatic N) is 2. The van der Waals surface area contributed by atoms with Crippen LogP contribution in [0.1, 0.15) is 27.8 Å². The second-order valence-electron chi connectivity index (χ2n) is 4.45. The van der Waals surface area contributed by atoms with Crippen LogP contribution >= 0.6 is 0 Å². The fourth-order valence-electron chi connectivity index (χ4n) is 1.90. The van der Waals surface area contributed by atoms with Crippen molar-refractivity contribution in [1.82, 2.24) is 14.8 Å². The van der Waals surface area contributed by atoms with Crippen molar-refractivity contribution < 1.29 is 9.59 Å². The molecule has 5 heteroatoms. The highest BCUT2D eigenvalue weighted by Gasteiger charge is 2.21. The van der Waals surface area contributed by atoms with E-state index < -0.39 is 0 Å². The number of H-pyrrole nitrogens is 1. The molecule has 1 amide bonds. The van der Waals surface area contributed by atoms with Gasteiger partial charge in [0.1, 0.15) is 5.69 Å². The fraction of sp³-hybridized carbons (Fsp3) is 0.500. The Morgan fingerprint density at radius 1 is 1.24 bits per heavy atom. The molecule has 1 N–H and O–H groups in total. The summed E-state index contributed by atoms with van der Waals surface area (Å²) in [6.45, 7) is 4.76. The third kappa shape index (κ3) is 2.55. The molecule has 0 aromatic carbocycles. The number of likely N-dealkylation sites (N-methyl/N-ethyl adjacent to an activating group) is 1. The first kappa shape index (κ1) is 11.9. The number of hydrogen-bond donors (Lipinski definition) is 1. The first-order valence-corrected chi connectivity index (χ1v) is 5.75. The third-order valence-corrected chi connectivity index (χ3v) is 3.11. The van der Waals surface area contributed by atoms with Crippen LogP contribution in [-0.2, 0) is 0 Å². The standard InChI is InChI=1S/C12H17N3O2/c1-9(16)10-7-11(13-8-10)12(17)15-5-3-14(2)4-6-15/h7-8,13H,3-6H2,1-2H3. The van der Waals surface area contributed by atoms with Gasteiger partial charge in [-0.1, -0.05) is 0 Å². The van der Waals surface area contributed by atoms with E-state index in [4.69, 9.17) is 0 Å². The lowest BCUT2D eigenvalue weighted by Gasteiger charge is -2.32. The Kier molecular flexibility index (Phi) is 3.28. The molecule has 92 valence electrons. The lowest BCUT2D eigenvalue weighted by Crippen LogP contribution is -2.47. The van der Waals surface area contributed by atoms with Crippen molar-refractivity contribution in [1.29, 1.82) is 0 Å². The largest absolute Gasteiger partial charge is 0.356 e. The van der Waals surface area contributed by atoms with E-state index in [-0.39, 0.29) is 11.7 Å². The minimum Gasteiger partial charge on any atom is -0.356 e. The lowest BCUT2D eigenvalue weighted by molar-refractivity contribution is 0.0659. The normalized spacial score (nSPS) is 17.2. The fourth-order valence-corrected chi connectivity index (χ4v) is 1.90. The molecule has 5 nitrogen and oxygen atoms in total. The van der Waals surface area contributed by atoms with Gasteiger partial charge in [0, 0.05) is 37.9 Å². The predicted octanol–water partition coefficient (Wildman–Crippen LogP) is 0.605. The number of aromatic nitrogens is 1. The summed E-state index contributed by atoms with van der Waals surface area (Å²) in [5, 5.41) is 0. The zero-order valence-corrected chi connectivity index (χ0v) is 10.2. The number of rotatable bonds is 2. The van der Waals surface area contributed by atoms with Crippen molar-refractivity contribution in [2.75, 3.05) is 33.2 Å². The number of hydrogen-bond acceptors (Lipinski definition) is 3. The molecule has 0 unspecified atom stereocenters. The first-order valence-electron chi connectivity index (χ1n) is 5.75. The molecule has 2 heterocycles. The van der Waals surface area contributed by atoms with E-state index >= 15 is 0 Å². The van der Waals surface area contributed by atoms with Gasteiger partial charge in [-0.25, -0.2) is 0 Å². The van der Waals surface area contributed by atoms with Crippen LogP contribution in [-0.4, -0.2) is 59.7 Å².